The average molecular weight is 1580 g/mol. The minimum atomic E-state index is -8.37. The number of hydrogen-bond donors (Lipinski definition) is 0. The van der Waals surface area contributed by atoms with Crippen molar-refractivity contribution in [1.82, 2.24) is 0 Å². The van der Waals surface area contributed by atoms with E-state index in [4.69, 9.17) is 0 Å². The maximum atomic E-state index is 15.5. The first-order valence-electron chi connectivity index (χ1n) is 24.5. The van der Waals surface area contributed by atoms with Gasteiger partial charge in [0.1, 0.15) is 32.6 Å². The predicted molar refractivity (Wildman–Crippen MR) is 233 cm³/mol. The van der Waals surface area contributed by atoms with Crippen LogP contribution >= 0.6 is 0 Å². The molecule has 0 bridgehead atoms. The van der Waals surface area contributed by atoms with E-state index in [0.717, 1.165) is 0 Å². The molecule has 0 aromatic heterocycles. The summed E-state index contributed by atoms with van der Waals surface area (Å²) in [4.78, 5) is 0. The summed E-state index contributed by atoms with van der Waals surface area (Å²) in [7, 11) is 0. The molecule has 101 heavy (non-hydrogen) atoms. The fraction of sp³-hybridized carbons (Fsp3) is 0.500. The van der Waals surface area contributed by atoms with E-state index in [2.05, 4.69) is 18.9 Å². The topological polar surface area (TPSA) is 36.9 Å². The van der Waals surface area contributed by atoms with Gasteiger partial charge in [0.15, 0.2) is 0 Å². The van der Waals surface area contributed by atoms with Crippen molar-refractivity contribution in [3.63, 3.8) is 0 Å². The lowest BCUT2D eigenvalue weighted by atomic mass is 9.12. The number of rotatable bonds is 16. The Labute approximate surface area is 522 Å². The van der Waals surface area contributed by atoms with Gasteiger partial charge in [0.2, 0.25) is 0 Å². The smallest absolute Gasteiger partial charge is 0.344 e. The molecule has 4 aromatic carbocycles. The minimum Gasteiger partial charge on any atom is -0.344 e. The van der Waals surface area contributed by atoms with Gasteiger partial charge in [-0.25, -0.2) is 0 Å². The quantitative estimate of drug-likeness (QED) is 0.0828. The average Bonchev–Trinajstić information content (AvgIpc) is 0.694. The Morgan fingerprint density at radius 3 is 0.396 bits per heavy atom. The molecule has 0 N–H and O–H groups in total. The summed E-state index contributed by atoms with van der Waals surface area (Å²) in [6.45, 7) is -17.6. The van der Waals surface area contributed by atoms with Gasteiger partial charge >= 0.3 is 98.8 Å². The number of ether oxygens (including phenoxy) is 4. The SMILES string of the molecule is FC(F)(F)COC(c1cc([B-](c2cc(C(F)(F)F)cc(C(OCC(F)(F)F)(C(F)(F)F)C(F)(F)F)c2)(c2cc(C(F)(F)F)cc(C(OCC(F)(F)F)(C(F)(F)F)C(F)(F)F)c2)c2cc(C(F)(F)F)cc(C(OCC(F)(F)F)(C(F)(F)F)C(F)(F)F)c2)cc(C(F)(F)F)c1)(C(F)(F)F)C(F)(F)F. The summed E-state index contributed by atoms with van der Waals surface area (Å²) in [5.74, 6) is 0. The monoisotopic (exact) mass is 1580 g/mol. The zero-order valence-electron chi connectivity index (χ0n) is 46.1. The summed E-state index contributed by atoms with van der Waals surface area (Å²) in [5.41, 5.74) is -81.6. The molecular weight excluding hydrogens is 1560 g/mol. The lowest BCUT2D eigenvalue weighted by Gasteiger charge is -2.48. The molecular formula is C48H20BF48O4-. The second kappa shape index (κ2) is 25.9. The Hall–Kier alpha value is -6.58. The van der Waals surface area contributed by atoms with Gasteiger partial charge < -0.3 is 18.9 Å². The van der Waals surface area contributed by atoms with Crippen molar-refractivity contribution in [3.05, 3.63) is 117 Å². The highest BCUT2D eigenvalue weighted by atomic mass is 19.5. The number of benzene rings is 4. The highest BCUT2D eigenvalue weighted by Crippen LogP contribution is 2.59. The molecule has 4 nitrogen and oxygen atoms in total. The molecule has 0 saturated heterocycles. The van der Waals surface area contributed by atoms with Crippen LogP contribution in [0.2, 0.25) is 0 Å². The van der Waals surface area contributed by atoms with Crippen molar-refractivity contribution < 1.29 is 230 Å². The zero-order valence-corrected chi connectivity index (χ0v) is 46.1. The Bertz CT molecular complexity index is 3040. The summed E-state index contributed by atoms with van der Waals surface area (Å²) in [6.07, 6.45) is -133. The standard InChI is InChI=1S/C48H20BF48O4/c50-29(51,52)13-98-33(41(74,75)76,42(77,78)79)17-1-21(37(62,63)64)9-25(5-17)49(26-6-18(2-22(10-26)38(65,66)67)34(43(80,81)82,44(83,84)85)99-14-30(53,54)55,27-7-19(3-23(11-27)39(68,69)70)35(45(86,87)88,46(89,90)91)100-15-31(56,57)58)28-8-20(4-24(12-28)40(71,72)73)36(47(92,93)94,48(95,96)97)101-16-32(59,60)61/h1-12H,13-16H2/q-1. The fourth-order valence-corrected chi connectivity index (χ4v) is 9.93. The summed E-state index contributed by atoms with van der Waals surface area (Å²) >= 11 is 0. The molecule has 0 fully saturated rings. The zero-order chi connectivity index (χ0) is 79.6. The van der Waals surface area contributed by atoms with E-state index in [1.54, 1.807) is 0 Å². The summed E-state index contributed by atoms with van der Waals surface area (Å²) in [5, 5.41) is 0. The molecule has 0 spiro atoms. The van der Waals surface area contributed by atoms with E-state index in [0.29, 0.717) is 0 Å². The molecule has 0 saturated carbocycles. The molecule has 0 aliphatic carbocycles. The van der Waals surface area contributed by atoms with Crippen LogP contribution in [0, 0.1) is 0 Å². The second-order valence-electron chi connectivity index (χ2n) is 20.6. The Morgan fingerprint density at radius 2 is 0.297 bits per heavy atom. The fourth-order valence-electron chi connectivity index (χ4n) is 9.93. The van der Waals surface area contributed by atoms with E-state index in [9.17, 15) is 52.7 Å². The Kier molecular flexibility index (Phi) is 22.3. The van der Waals surface area contributed by atoms with Crippen LogP contribution in [0.1, 0.15) is 44.5 Å². The van der Waals surface area contributed by atoms with Crippen molar-refractivity contribution in [2.24, 2.45) is 0 Å². The van der Waals surface area contributed by atoms with Crippen LogP contribution in [0.5, 0.6) is 0 Å². The van der Waals surface area contributed by atoms with Crippen molar-refractivity contribution in [1.29, 1.82) is 0 Å². The van der Waals surface area contributed by atoms with E-state index < -0.39 is 293 Å². The highest BCUT2D eigenvalue weighted by molar-refractivity contribution is 7.20. The van der Waals surface area contributed by atoms with Gasteiger partial charge in [0.05, 0.1) is 22.3 Å². The van der Waals surface area contributed by atoms with Crippen LogP contribution < -0.4 is 21.9 Å². The molecule has 0 amide bonds. The molecule has 53 heteroatoms. The first-order valence-corrected chi connectivity index (χ1v) is 24.5. The van der Waals surface area contributed by atoms with Crippen LogP contribution in [-0.2, 0) is 66.1 Å². The summed E-state index contributed by atoms with van der Waals surface area (Å²) in [6, 6.07) is -25.4. The number of alkyl halides is 48. The van der Waals surface area contributed by atoms with Gasteiger partial charge in [-0.3, -0.25) is 0 Å². The molecule has 4 aromatic rings. The molecule has 0 unspecified atom stereocenters. The third-order valence-corrected chi connectivity index (χ3v) is 13.8. The van der Waals surface area contributed by atoms with Gasteiger partial charge in [0.25, 0.3) is 22.4 Å². The Balaban J connectivity index is 3.14. The number of halogens is 48. The molecule has 0 aliphatic heterocycles. The second-order valence-corrected chi connectivity index (χ2v) is 20.6. The van der Waals surface area contributed by atoms with Crippen molar-refractivity contribution >= 4 is 28.0 Å². The van der Waals surface area contributed by atoms with Crippen molar-refractivity contribution in [3.8, 4) is 0 Å². The van der Waals surface area contributed by atoms with Crippen LogP contribution in [-0.4, -0.2) is 107 Å². The van der Waals surface area contributed by atoms with Gasteiger partial charge in [-0.05, 0) is 46.5 Å². The first-order chi connectivity index (χ1) is 44.1. The molecule has 0 heterocycles. The van der Waals surface area contributed by atoms with Gasteiger partial charge in [0, 0.05) is 0 Å². The van der Waals surface area contributed by atoms with E-state index in [1.165, 1.54) is 0 Å². The minimum absolute atomic E-state index is 2.02. The van der Waals surface area contributed by atoms with Crippen LogP contribution in [0.3, 0.4) is 0 Å². The van der Waals surface area contributed by atoms with Crippen molar-refractivity contribution in [2.45, 2.75) is 121 Å². The van der Waals surface area contributed by atoms with Crippen molar-refractivity contribution in [2.75, 3.05) is 26.4 Å². The lowest BCUT2D eigenvalue weighted by molar-refractivity contribution is -0.401. The van der Waals surface area contributed by atoms with E-state index >= 15 is 158 Å². The molecule has 0 radical (unpaired) electrons. The molecule has 576 valence electrons. The lowest BCUT2D eigenvalue weighted by Crippen LogP contribution is -2.76. The molecule has 0 aliphatic rings. The van der Waals surface area contributed by atoms with E-state index in [-0.39, 0.29) is 0 Å². The number of hydrogen-bond acceptors (Lipinski definition) is 4. The highest BCUT2D eigenvalue weighted by Gasteiger charge is 2.78. The van der Waals surface area contributed by atoms with Crippen LogP contribution in [0.15, 0.2) is 72.8 Å². The largest absolute Gasteiger partial charge is 0.430 e. The normalized spacial score (nSPS) is 15.4. The Morgan fingerprint density at radius 1 is 0.178 bits per heavy atom. The summed E-state index contributed by atoms with van der Waals surface area (Å²) < 4.78 is 732. The van der Waals surface area contributed by atoms with Gasteiger partial charge in [-0.2, -0.15) is 233 Å². The maximum absolute atomic E-state index is 15.5. The van der Waals surface area contributed by atoms with Gasteiger partial charge in [-0.1, -0.05) is 48.5 Å². The predicted octanol–water partition coefficient (Wildman–Crippen LogP) is 18.7. The third kappa shape index (κ3) is 17.1. The molecule has 4 rings (SSSR count). The first kappa shape index (κ1) is 86.8. The van der Waals surface area contributed by atoms with E-state index in [1.807, 2.05) is 0 Å². The molecule has 0 atom stereocenters. The third-order valence-electron chi connectivity index (χ3n) is 13.8. The van der Waals surface area contributed by atoms with Crippen LogP contribution in [0.4, 0.5) is 211 Å². The van der Waals surface area contributed by atoms with Gasteiger partial charge in [-0.15, -0.1) is 0 Å². The maximum Gasteiger partial charge on any atom is 0.430 e. The van der Waals surface area contributed by atoms with Crippen LogP contribution in [0.25, 0.3) is 0 Å².